The number of hydrogen-bond donors (Lipinski definition) is 1. The summed E-state index contributed by atoms with van der Waals surface area (Å²) in [4.78, 5) is 35.2. The molecule has 5 rings (SSSR count). The minimum Gasteiger partial charge on any atom is -0.497 e. The van der Waals surface area contributed by atoms with E-state index in [0.717, 1.165) is 44.9 Å². The van der Waals surface area contributed by atoms with Gasteiger partial charge in [0.1, 0.15) is 16.2 Å². The topological polar surface area (TPSA) is 106 Å². The summed E-state index contributed by atoms with van der Waals surface area (Å²) in [5.41, 5.74) is 1.82. The molecule has 4 heterocycles. The van der Waals surface area contributed by atoms with Gasteiger partial charge in [0.25, 0.3) is 5.56 Å². The number of benzene rings is 1. The van der Waals surface area contributed by atoms with Crippen LogP contribution < -0.4 is 20.5 Å². The molecule has 0 saturated carbocycles. The first-order chi connectivity index (χ1) is 18.5. The summed E-state index contributed by atoms with van der Waals surface area (Å²) < 4.78 is 12.6. The lowest BCUT2D eigenvalue weighted by molar-refractivity contribution is -0.113. The monoisotopic (exact) mass is 554 g/mol. The fourth-order valence-electron chi connectivity index (χ4n) is 4.44. The Kier molecular flexibility index (Phi) is 8.30. The number of hydrogen-bond acceptors (Lipinski definition) is 10. The lowest BCUT2D eigenvalue weighted by atomic mass is 10.2. The van der Waals surface area contributed by atoms with E-state index in [4.69, 9.17) is 14.2 Å². The molecule has 0 aliphatic carbocycles. The molecular formula is C26H30N6O4S2. The number of ether oxygens (including phenoxy) is 1. The summed E-state index contributed by atoms with van der Waals surface area (Å²) in [7, 11) is 1.68. The molecule has 0 radical (unpaired) electrons. The third-order valence-electron chi connectivity index (χ3n) is 6.42. The van der Waals surface area contributed by atoms with Crippen molar-refractivity contribution in [2.24, 2.45) is 0 Å². The van der Waals surface area contributed by atoms with Crippen molar-refractivity contribution in [1.82, 2.24) is 19.6 Å². The zero-order valence-corrected chi connectivity index (χ0v) is 23.0. The SMILES string of the molecule is COc1ccc(N2CCN(CCCn3c(SCC(=O)Nc4cc(C)on4)nc4ccsc4c3=O)CC2)cc1. The first kappa shape index (κ1) is 26.3. The predicted octanol–water partition coefficient (Wildman–Crippen LogP) is 3.71. The molecule has 200 valence electrons. The van der Waals surface area contributed by atoms with E-state index in [2.05, 4.69) is 32.4 Å². The van der Waals surface area contributed by atoms with Crippen molar-refractivity contribution in [2.45, 2.75) is 25.0 Å². The highest BCUT2D eigenvalue weighted by Crippen LogP contribution is 2.23. The Morgan fingerprint density at radius 1 is 1.16 bits per heavy atom. The van der Waals surface area contributed by atoms with Gasteiger partial charge in [-0.2, -0.15) is 0 Å². The average molecular weight is 555 g/mol. The number of nitrogens with zero attached hydrogens (tertiary/aromatic N) is 5. The smallest absolute Gasteiger partial charge is 0.272 e. The maximum atomic E-state index is 13.2. The molecule has 1 N–H and O–H groups in total. The lowest BCUT2D eigenvalue weighted by Gasteiger charge is -2.36. The molecule has 38 heavy (non-hydrogen) atoms. The first-order valence-corrected chi connectivity index (χ1v) is 14.3. The van der Waals surface area contributed by atoms with Crippen LogP contribution in [-0.4, -0.2) is 71.1 Å². The normalized spacial score (nSPS) is 14.2. The van der Waals surface area contributed by atoms with E-state index in [-0.39, 0.29) is 17.2 Å². The van der Waals surface area contributed by atoms with Crippen LogP contribution in [0.5, 0.6) is 5.75 Å². The van der Waals surface area contributed by atoms with Crippen LogP contribution in [0, 0.1) is 6.92 Å². The van der Waals surface area contributed by atoms with Gasteiger partial charge < -0.3 is 19.5 Å². The molecule has 3 aromatic heterocycles. The Bertz CT molecular complexity index is 1440. The molecule has 0 spiro atoms. The van der Waals surface area contributed by atoms with Crippen molar-refractivity contribution in [3.63, 3.8) is 0 Å². The summed E-state index contributed by atoms with van der Waals surface area (Å²) >= 11 is 2.66. The van der Waals surface area contributed by atoms with Gasteiger partial charge in [0.05, 0.1) is 18.4 Å². The van der Waals surface area contributed by atoms with Crippen molar-refractivity contribution >= 4 is 50.7 Å². The van der Waals surface area contributed by atoms with Gasteiger partial charge in [-0.1, -0.05) is 16.9 Å². The largest absolute Gasteiger partial charge is 0.497 e. The zero-order valence-electron chi connectivity index (χ0n) is 21.4. The highest BCUT2D eigenvalue weighted by Gasteiger charge is 2.19. The van der Waals surface area contributed by atoms with Crippen molar-refractivity contribution in [2.75, 3.05) is 55.8 Å². The number of nitrogens with one attached hydrogen (secondary N) is 1. The number of aromatic nitrogens is 3. The van der Waals surface area contributed by atoms with Crippen LogP contribution in [0.3, 0.4) is 0 Å². The lowest BCUT2D eigenvalue weighted by Crippen LogP contribution is -2.46. The number of thioether (sulfide) groups is 1. The number of aryl methyl sites for hydroxylation is 1. The Morgan fingerprint density at radius 3 is 2.66 bits per heavy atom. The average Bonchev–Trinajstić information content (AvgIpc) is 3.58. The van der Waals surface area contributed by atoms with Crippen LogP contribution in [0.4, 0.5) is 11.5 Å². The Balaban J connectivity index is 1.17. The summed E-state index contributed by atoms with van der Waals surface area (Å²) in [5.74, 6) is 1.74. The van der Waals surface area contributed by atoms with E-state index in [1.165, 1.54) is 28.8 Å². The molecule has 1 fully saturated rings. The third-order valence-corrected chi connectivity index (χ3v) is 8.29. The van der Waals surface area contributed by atoms with E-state index in [0.29, 0.717) is 33.5 Å². The Labute approximate surface area is 228 Å². The second-order valence-electron chi connectivity index (χ2n) is 9.03. The molecule has 1 amide bonds. The Hall–Kier alpha value is -3.35. The van der Waals surface area contributed by atoms with Crippen molar-refractivity contribution in [1.29, 1.82) is 0 Å². The number of rotatable bonds is 10. The fourth-order valence-corrected chi connectivity index (χ4v) is 6.04. The summed E-state index contributed by atoms with van der Waals surface area (Å²) in [6.07, 6.45) is 0.818. The third kappa shape index (κ3) is 6.20. The zero-order chi connectivity index (χ0) is 26.5. The molecule has 4 aromatic rings. The highest BCUT2D eigenvalue weighted by atomic mass is 32.2. The Morgan fingerprint density at radius 2 is 1.95 bits per heavy atom. The van der Waals surface area contributed by atoms with Gasteiger partial charge in [0, 0.05) is 44.5 Å². The van der Waals surface area contributed by atoms with Gasteiger partial charge in [0.2, 0.25) is 5.91 Å². The van der Waals surface area contributed by atoms with Gasteiger partial charge in [0.15, 0.2) is 11.0 Å². The van der Waals surface area contributed by atoms with Crippen LogP contribution in [0.2, 0.25) is 0 Å². The van der Waals surface area contributed by atoms with Crippen LogP contribution in [0.1, 0.15) is 12.2 Å². The first-order valence-electron chi connectivity index (χ1n) is 12.5. The van der Waals surface area contributed by atoms with Crippen LogP contribution in [-0.2, 0) is 11.3 Å². The van der Waals surface area contributed by atoms with Crippen molar-refractivity contribution < 1.29 is 14.1 Å². The molecule has 1 aliphatic heterocycles. The summed E-state index contributed by atoms with van der Waals surface area (Å²) in [6.45, 7) is 7.04. The van der Waals surface area contributed by atoms with Gasteiger partial charge >= 0.3 is 0 Å². The van der Waals surface area contributed by atoms with E-state index in [1.807, 2.05) is 23.6 Å². The standard InChI is InChI=1S/C26H30N6O4S2/c1-18-16-22(29-36-18)28-23(33)17-38-26-27-21-8-15-37-24(21)25(34)32(26)10-3-9-30-11-13-31(14-12-30)19-4-6-20(35-2)7-5-19/h4-8,15-16H,3,9-14,17H2,1-2H3,(H,28,29,33). The van der Waals surface area contributed by atoms with Gasteiger partial charge in [-0.05, 0) is 55.6 Å². The summed E-state index contributed by atoms with van der Waals surface area (Å²) in [5, 5.41) is 8.93. The number of anilines is 2. The maximum Gasteiger partial charge on any atom is 0.272 e. The second kappa shape index (κ2) is 12.0. The molecule has 0 atom stereocenters. The van der Waals surface area contributed by atoms with E-state index < -0.39 is 0 Å². The highest BCUT2D eigenvalue weighted by molar-refractivity contribution is 7.99. The maximum absolute atomic E-state index is 13.2. The van der Waals surface area contributed by atoms with Gasteiger partial charge in [-0.15, -0.1) is 11.3 Å². The minimum atomic E-state index is -0.232. The minimum absolute atomic E-state index is 0.0515. The van der Waals surface area contributed by atoms with E-state index in [1.54, 1.807) is 24.7 Å². The van der Waals surface area contributed by atoms with Gasteiger partial charge in [-0.3, -0.25) is 19.1 Å². The van der Waals surface area contributed by atoms with Crippen LogP contribution in [0.25, 0.3) is 10.2 Å². The summed E-state index contributed by atoms with van der Waals surface area (Å²) in [6, 6.07) is 11.7. The van der Waals surface area contributed by atoms with E-state index >= 15 is 0 Å². The van der Waals surface area contributed by atoms with Crippen molar-refractivity contribution in [3.8, 4) is 5.75 Å². The number of thiophene rings is 1. The number of amides is 1. The van der Waals surface area contributed by atoms with Crippen LogP contribution in [0.15, 0.2) is 56.3 Å². The number of carbonyl (C=O) groups excluding carboxylic acids is 1. The molecule has 10 nitrogen and oxygen atoms in total. The molecule has 12 heteroatoms. The number of carbonyl (C=O) groups is 1. The van der Waals surface area contributed by atoms with Gasteiger partial charge in [-0.25, -0.2) is 4.98 Å². The van der Waals surface area contributed by atoms with Crippen molar-refractivity contribution in [3.05, 3.63) is 57.9 Å². The van der Waals surface area contributed by atoms with E-state index in [9.17, 15) is 9.59 Å². The van der Waals surface area contributed by atoms with Crippen LogP contribution >= 0.6 is 23.1 Å². The fraction of sp³-hybridized carbons (Fsp3) is 0.385. The molecule has 0 unspecified atom stereocenters. The molecular weight excluding hydrogens is 524 g/mol. The second-order valence-corrected chi connectivity index (χ2v) is 10.9. The predicted molar refractivity (Wildman–Crippen MR) is 151 cm³/mol. The number of methoxy groups -OCH3 is 1. The molecule has 1 aromatic carbocycles. The molecule has 1 aliphatic rings. The molecule has 1 saturated heterocycles. The quantitative estimate of drug-likeness (QED) is 0.232. The number of piperazine rings is 1. The molecule has 0 bridgehead atoms. The number of fused-ring (bicyclic) bond motifs is 1.